The van der Waals surface area contributed by atoms with Crippen LogP contribution in [0.4, 0.5) is 0 Å². The Morgan fingerprint density at radius 2 is 1.81 bits per heavy atom. The van der Waals surface area contributed by atoms with Crippen LogP contribution in [-0.4, -0.2) is 18.6 Å². The van der Waals surface area contributed by atoms with Crippen molar-refractivity contribution in [2.45, 2.75) is 49.5 Å². The van der Waals surface area contributed by atoms with Gasteiger partial charge in [-0.05, 0) is 68.8 Å². The fraction of sp³-hybridized carbons (Fsp3) is 0.296. The van der Waals surface area contributed by atoms with Gasteiger partial charge in [0.25, 0.3) is 5.91 Å². The molecule has 4 rings (SSSR count). The molecule has 0 bridgehead atoms. The number of ether oxygens (including phenoxy) is 2. The first-order valence-electron chi connectivity index (χ1n) is 10.8. The number of fused-ring (bicyclic) bond motifs is 1. The first kappa shape index (κ1) is 22.3. The first-order valence-corrected chi connectivity index (χ1v) is 11.8. The van der Waals surface area contributed by atoms with Gasteiger partial charge in [0, 0.05) is 28.2 Å². The van der Waals surface area contributed by atoms with E-state index in [-0.39, 0.29) is 17.6 Å². The number of aryl methyl sites for hydroxylation is 1. The fourth-order valence-electron chi connectivity index (χ4n) is 3.88. The quantitative estimate of drug-likeness (QED) is 0.449. The molecule has 4 nitrogen and oxygen atoms in total. The number of benzene rings is 3. The number of carbonyl (C=O) groups is 1. The van der Waals surface area contributed by atoms with Crippen LogP contribution in [0.15, 0.2) is 71.6 Å². The SMILES string of the molecule is COc1ccc2c(c1)C(NC(=O)c1ccc(CSc3ccc(C)cc3)cc1)CC(C)(C)O2. The number of rotatable bonds is 6. The van der Waals surface area contributed by atoms with Crippen LogP contribution >= 0.6 is 11.8 Å². The lowest BCUT2D eigenvalue weighted by molar-refractivity contribution is 0.0618. The van der Waals surface area contributed by atoms with Crippen LogP contribution in [0.2, 0.25) is 0 Å². The Bertz CT molecular complexity index is 1090. The number of carbonyl (C=O) groups excluding carboxylic acids is 1. The Hall–Kier alpha value is -2.92. The Balaban J connectivity index is 1.44. The van der Waals surface area contributed by atoms with Gasteiger partial charge in [-0.25, -0.2) is 0 Å². The van der Waals surface area contributed by atoms with Crippen LogP contribution in [0, 0.1) is 6.92 Å². The van der Waals surface area contributed by atoms with Gasteiger partial charge < -0.3 is 14.8 Å². The molecule has 1 aliphatic rings. The fourth-order valence-corrected chi connectivity index (χ4v) is 4.74. The highest BCUT2D eigenvalue weighted by molar-refractivity contribution is 7.98. The summed E-state index contributed by atoms with van der Waals surface area (Å²) in [5, 5.41) is 3.20. The van der Waals surface area contributed by atoms with Crippen LogP contribution in [0.5, 0.6) is 11.5 Å². The van der Waals surface area contributed by atoms with E-state index in [9.17, 15) is 4.79 Å². The maximum atomic E-state index is 13.0. The summed E-state index contributed by atoms with van der Waals surface area (Å²) >= 11 is 1.79. The second-order valence-electron chi connectivity index (χ2n) is 8.79. The molecule has 5 heteroatoms. The third-order valence-electron chi connectivity index (χ3n) is 5.62. The summed E-state index contributed by atoms with van der Waals surface area (Å²) in [5.74, 6) is 2.32. The molecule has 3 aromatic carbocycles. The second kappa shape index (κ2) is 9.29. The molecule has 0 radical (unpaired) electrons. The van der Waals surface area contributed by atoms with E-state index >= 15 is 0 Å². The zero-order valence-corrected chi connectivity index (χ0v) is 19.8. The van der Waals surface area contributed by atoms with E-state index in [2.05, 4.69) is 36.5 Å². The molecule has 32 heavy (non-hydrogen) atoms. The Kier molecular flexibility index (Phi) is 6.47. The molecule has 1 atom stereocenters. The number of amides is 1. The van der Waals surface area contributed by atoms with Gasteiger partial charge in [-0.2, -0.15) is 0 Å². The molecule has 1 amide bonds. The van der Waals surface area contributed by atoms with E-state index in [4.69, 9.17) is 9.47 Å². The summed E-state index contributed by atoms with van der Waals surface area (Å²) in [6.45, 7) is 6.17. The van der Waals surface area contributed by atoms with Crippen molar-refractivity contribution in [3.05, 3.63) is 89.0 Å². The number of methoxy groups -OCH3 is 1. The third kappa shape index (κ3) is 5.28. The summed E-state index contributed by atoms with van der Waals surface area (Å²) < 4.78 is 11.5. The normalized spacial score (nSPS) is 16.6. The molecule has 166 valence electrons. The van der Waals surface area contributed by atoms with Crippen molar-refractivity contribution in [3.63, 3.8) is 0 Å². The van der Waals surface area contributed by atoms with E-state index in [0.29, 0.717) is 12.0 Å². The molecule has 1 unspecified atom stereocenters. The van der Waals surface area contributed by atoms with E-state index in [0.717, 1.165) is 22.8 Å². The summed E-state index contributed by atoms with van der Waals surface area (Å²) in [6.07, 6.45) is 0.685. The molecule has 0 saturated heterocycles. The van der Waals surface area contributed by atoms with Gasteiger partial charge >= 0.3 is 0 Å². The summed E-state index contributed by atoms with van der Waals surface area (Å²) in [7, 11) is 1.64. The second-order valence-corrected chi connectivity index (χ2v) is 9.84. The molecule has 0 aliphatic carbocycles. The molecule has 1 heterocycles. The number of nitrogens with one attached hydrogen (secondary N) is 1. The Labute approximate surface area is 194 Å². The van der Waals surface area contributed by atoms with Crippen molar-refractivity contribution >= 4 is 17.7 Å². The average Bonchev–Trinajstić information content (AvgIpc) is 2.78. The zero-order chi connectivity index (χ0) is 22.7. The van der Waals surface area contributed by atoms with Crippen molar-refractivity contribution in [1.29, 1.82) is 0 Å². The minimum Gasteiger partial charge on any atom is -0.497 e. The van der Waals surface area contributed by atoms with E-state index in [1.165, 1.54) is 16.0 Å². The first-order chi connectivity index (χ1) is 15.3. The highest BCUT2D eigenvalue weighted by atomic mass is 32.2. The molecule has 0 saturated carbocycles. The lowest BCUT2D eigenvalue weighted by Gasteiger charge is -2.38. The minimum atomic E-state index is -0.364. The average molecular weight is 448 g/mol. The van der Waals surface area contributed by atoms with Gasteiger partial charge in [-0.1, -0.05) is 29.8 Å². The predicted molar refractivity (Wildman–Crippen MR) is 130 cm³/mol. The molecule has 1 N–H and O–H groups in total. The van der Waals surface area contributed by atoms with Crippen molar-refractivity contribution in [1.82, 2.24) is 5.32 Å². The largest absolute Gasteiger partial charge is 0.497 e. The van der Waals surface area contributed by atoms with Gasteiger partial charge in [0.15, 0.2) is 0 Å². The van der Waals surface area contributed by atoms with Gasteiger partial charge in [0.2, 0.25) is 0 Å². The summed E-state index contributed by atoms with van der Waals surface area (Å²) in [5.41, 5.74) is 3.69. The smallest absolute Gasteiger partial charge is 0.251 e. The maximum absolute atomic E-state index is 13.0. The maximum Gasteiger partial charge on any atom is 0.251 e. The van der Waals surface area contributed by atoms with Gasteiger partial charge in [0.05, 0.1) is 13.2 Å². The summed E-state index contributed by atoms with van der Waals surface area (Å²) in [6, 6.07) is 22.0. The van der Waals surface area contributed by atoms with Crippen LogP contribution in [-0.2, 0) is 5.75 Å². The van der Waals surface area contributed by atoms with Crippen LogP contribution in [0.3, 0.4) is 0 Å². The number of hydrogen-bond acceptors (Lipinski definition) is 4. The molecule has 3 aromatic rings. The van der Waals surface area contributed by atoms with Crippen LogP contribution in [0.1, 0.15) is 53.4 Å². The molecule has 0 spiro atoms. The standard InChI is InChI=1S/C27H29NO3S/c1-18-5-12-22(13-6-18)32-17-19-7-9-20(10-8-19)26(29)28-24-16-27(2,3)31-25-14-11-21(30-4)15-23(24)25/h5-15,24H,16-17H2,1-4H3,(H,28,29). The van der Waals surface area contributed by atoms with Crippen molar-refractivity contribution < 1.29 is 14.3 Å². The van der Waals surface area contributed by atoms with E-state index < -0.39 is 0 Å². The van der Waals surface area contributed by atoms with Crippen molar-refractivity contribution in [2.75, 3.05) is 7.11 Å². The predicted octanol–water partition coefficient (Wildman–Crippen LogP) is 6.33. The van der Waals surface area contributed by atoms with Crippen LogP contribution in [0.25, 0.3) is 0 Å². The van der Waals surface area contributed by atoms with Crippen molar-refractivity contribution in [2.24, 2.45) is 0 Å². The zero-order valence-electron chi connectivity index (χ0n) is 19.0. The molecular formula is C27H29NO3S. The molecule has 1 aliphatic heterocycles. The van der Waals surface area contributed by atoms with Gasteiger partial charge in [-0.15, -0.1) is 11.8 Å². The summed E-state index contributed by atoms with van der Waals surface area (Å²) in [4.78, 5) is 14.3. The number of hydrogen-bond donors (Lipinski definition) is 1. The molecule has 0 aromatic heterocycles. The molecular weight excluding hydrogens is 418 g/mol. The third-order valence-corrected chi connectivity index (χ3v) is 6.71. The van der Waals surface area contributed by atoms with E-state index in [1.807, 2.05) is 56.3 Å². The van der Waals surface area contributed by atoms with Gasteiger partial charge in [0.1, 0.15) is 17.1 Å². The van der Waals surface area contributed by atoms with Gasteiger partial charge in [-0.3, -0.25) is 4.79 Å². The van der Waals surface area contributed by atoms with Crippen LogP contribution < -0.4 is 14.8 Å². The molecule has 0 fully saturated rings. The number of thioether (sulfide) groups is 1. The Morgan fingerprint density at radius 1 is 1.09 bits per heavy atom. The highest BCUT2D eigenvalue weighted by Crippen LogP contribution is 2.41. The Morgan fingerprint density at radius 3 is 2.50 bits per heavy atom. The van der Waals surface area contributed by atoms with Crippen molar-refractivity contribution in [3.8, 4) is 11.5 Å². The lowest BCUT2D eigenvalue weighted by atomic mass is 9.89. The monoisotopic (exact) mass is 447 g/mol. The highest BCUT2D eigenvalue weighted by Gasteiger charge is 2.35. The lowest BCUT2D eigenvalue weighted by Crippen LogP contribution is -2.41. The van der Waals surface area contributed by atoms with E-state index in [1.54, 1.807) is 18.9 Å². The topological polar surface area (TPSA) is 47.6 Å². The minimum absolute atomic E-state index is 0.0841.